The van der Waals surface area contributed by atoms with Gasteiger partial charge in [-0.1, -0.05) is 6.07 Å². The number of methoxy groups -OCH3 is 1. The maximum Gasteiger partial charge on any atom is 0.216 e. The first-order chi connectivity index (χ1) is 11.7. The van der Waals surface area contributed by atoms with Crippen molar-refractivity contribution < 1.29 is 4.74 Å². The molecule has 6 heteroatoms. The van der Waals surface area contributed by atoms with Crippen molar-refractivity contribution in [2.24, 2.45) is 5.92 Å². The van der Waals surface area contributed by atoms with Crippen LogP contribution in [-0.4, -0.2) is 42.0 Å². The van der Waals surface area contributed by atoms with Gasteiger partial charge in [-0.2, -0.15) is 5.10 Å². The third-order valence-corrected chi connectivity index (χ3v) is 4.58. The maximum absolute atomic E-state index is 5.51. The van der Waals surface area contributed by atoms with Crippen molar-refractivity contribution in [1.82, 2.24) is 25.4 Å². The van der Waals surface area contributed by atoms with Gasteiger partial charge in [0, 0.05) is 24.8 Å². The lowest BCUT2D eigenvalue weighted by Gasteiger charge is -2.30. The van der Waals surface area contributed by atoms with Crippen LogP contribution in [0.1, 0.15) is 29.3 Å². The van der Waals surface area contributed by atoms with E-state index in [0.717, 1.165) is 44.0 Å². The summed E-state index contributed by atoms with van der Waals surface area (Å²) in [7, 11) is 3.62. The largest absolute Gasteiger partial charge is 0.481 e. The van der Waals surface area contributed by atoms with E-state index in [9.17, 15) is 0 Å². The van der Waals surface area contributed by atoms with Gasteiger partial charge in [0.25, 0.3) is 0 Å². The first kappa shape index (κ1) is 16.9. The van der Waals surface area contributed by atoms with Crippen LogP contribution in [0, 0.1) is 12.8 Å². The summed E-state index contributed by atoms with van der Waals surface area (Å²) in [6.45, 7) is 4.84. The second-order valence-electron chi connectivity index (χ2n) is 6.62. The van der Waals surface area contributed by atoms with Crippen molar-refractivity contribution in [3.05, 3.63) is 41.3 Å². The molecule has 0 bridgehead atoms. The molecule has 24 heavy (non-hydrogen) atoms. The van der Waals surface area contributed by atoms with Gasteiger partial charge in [0.15, 0.2) is 0 Å². The Hall–Kier alpha value is -1.92. The number of rotatable bonds is 6. The summed E-state index contributed by atoms with van der Waals surface area (Å²) in [5, 5.41) is 11.2. The van der Waals surface area contributed by atoms with E-state index in [1.54, 1.807) is 7.11 Å². The van der Waals surface area contributed by atoms with Crippen LogP contribution in [0.2, 0.25) is 0 Å². The fourth-order valence-corrected chi connectivity index (χ4v) is 3.43. The first-order valence-electron chi connectivity index (χ1n) is 8.58. The lowest BCUT2D eigenvalue weighted by Crippen LogP contribution is -2.38. The molecule has 0 saturated carbocycles. The normalized spacial score (nSPS) is 21.0. The predicted octanol–water partition coefficient (Wildman–Crippen LogP) is 1.71. The Kier molecular flexibility index (Phi) is 5.48. The third kappa shape index (κ3) is 3.94. The van der Waals surface area contributed by atoms with Crippen LogP contribution in [0.3, 0.4) is 0 Å². The van der Waals surface area contributed by atoms with Gasteiger partial charge in [0.1, 0.15) is 0 Å². The molecule has 1 fully saturated rings. The Morgan fingerprint density at radius 1 is 1.38 bits per heavy atom. The minimum Gasteiger partial charge on any atom is -0.481 e. The second-order valence-corrected chi connectivity index (χ2v) is 6.62. The molecular weight excluding hydrogens is 302 g/mol. The maximum atomic E-state index is 5.51. The minimum atomic E-state index is 0.417. The molecule has 3 rings (SSSR count). The number of piperidine rings is 1. The van der Waals surface area contributed by atoms with Gasteiger partial charge in [0.2, 0.25) is 5.88 Å². The fraction of sp³-hybridized carbons (Fsp3) is 0.556. The molecular formula is C18H27N5O. The highest BCUT2D eigenvalue weighted by Crippen LogP contribution is 2.27. The molecule has 0 aliphatic carbocycles. The highest BCUT2D eigenvalue weighted by molar-refractivity contribution is 5.29. The summed E-state index contributed by atoms with van der Waals surface area (Å²) in [5.41, 5.74) is 3.40. The van der Waals surface area contributed by atoms with Gasteiger partial charge in [-0.15, -0.1) is 0 Å². The van der Waals surface area contributed by atoms with E-state index in [4.69, 9.17) is 4.74 Å². The van der Waals surface area contributed by atoms with Gasteiger partial charge in [-0.3, -0.25) is 4.68 Å². The number of pyridine rings is 1. The summed E-state index contributed by atoms with van der Waals surface area (Å²) >= 11 is 0. The molecule has 0 spiro atoms. The lowest BCUT2D eigenvalue weighted by molar-refractivity contribution is 0.267. The van der Waals surface area contributed by atoms with E-state index in [0.29, 0.717) is 12.0 Å². The summed E-state index contributed by atoms with van der Waals surface area (Å²) in [6.07, 6.45) is 6.15. The number of nitrogens with one attached hydrogen (secondary N) is 2. The number of nitrogens with zero attached hydrogens (tertiary/aromatic N) is 3. The average Bonchev–Trinajstić information content (AvgIpc) is 3.03. The van der Waals surface area contributed by atoms with Crippen molar-refractivity contribution in [2.75, 3.05) is 27.2 Å². The van der Waals surface area contributed by atoms with Gasteiger partial charge >= 0.3 is 0 Å². The highest BCUT2D eigenvalue weighted by atomic mass is 16.5. The standard InChI is InChI=1S/C18H27N5O/c1-13-8-21-23(12-13)17-7-14(9-20-11-17)6-15-4-5-16(10-19-2)22-18(15)24-3/h4-5,8,12,14,17,19-20H,6-7,9-11H2,1-3H3. The number of ether oxygens (including phenoxy) is 1. The van der Waals surface area contributed by atoms with E-state index >= 15 is 0 Å². The summed E-state index contributed by atoms with van der Waals surface area (Å²) < 4.78 is 7.61. The summed E-state index contributed by atoms with van der Waals surface area (Å²) in [6, 6.07) is 4.65. The molecule has 2 unspecified atom stereocenters. The molecule has 6 nitrogen and oxygen atoms in total. The molecule has 1 saturated heterocycles. The van der Waals surface area contributed by atoms with E-state index < -0.39 is 0 Å². The molecule has 0 radical (unpaired) electrons. The van der Waals surface area contributed by atoms with E-state index in [1.165, 1.54) is 11.1 Å². The fourth-order valence-electron chi connectivity index (χ4n) is 3.43. The SMILES string of the molecule is CNCc1ccc(CC2CNCC(n3cc(C)cn3)C2)c(OC)n1. The zero-order valence-corrected chi connectivity index (χ0v) is 14.7. The second kappa shape index (κ2) is 7.77. The number of aryl methyl sites for hydroxylation is 1. The van der Waals surface area contributed by atoms with Crippen LogP contribution in [0.25, 0.3) is 0 Å². The van der Waals surface area contributed by atoms with Crippen molar-refractivity contribution in [3.63, 3.8) is 0 Å². The molecule has 0 aromatic carbocycles. The van der Waals surface area contributed by atoms with Crippen molar-refractivity contribution in [2.45, 2.75) is 32.4 Å². The Bertz CT molecular complexity index is 669. The molecule has 3 heterocycles. The van der Waals surface area contributed by atoms with Crippen molar-refractivity contribution in [1.29, 1.82) is 0 Å². The van der Waals surface area contributed by atoms with E-state index in [2.05, 4.69) is 50.7 Å². The molecule has 2 N–H and O–H groups in total. The topological polar surface area (TPSA) is 64.0 Å². The average molecular weight is 329 g/mol. The number of aromatic nitrogens is 3. The predicted molar refractivity (Wildman–Crippen MR) is 94.2 cm³/mol. The lowest BCUT2D eigenvalue weighted by atomic mass is 9.90. The van der Waals surface area contributed by atoms with Gasteiger partial charge in [-0.05, 0) is 50.9 Å². The summed E-state index contributed by atoms with van der Waals surface area (Å²) in [4.78, 5) is 4.60. The van der Waals surface area contributed by atoms with Gasteiger partial charge < -0.3 is 15.4 Å². The Balaban J connectivity index is 1.69. The number of hydrogen-bond acceptors (Lipinski definition) is 5. The van der Waals surface area contributed by atoms with Crippen LogP contribution in [0.15, 0.2) is 24.5 Å². The van der Waals surface area contributed by atoms with E-state index in [1.807, 2.05) is 13.2 Å². The third-order valence-electron chi connectivity index (χ3n) is 4.58. The molecule has 1 aliphatic rings. The van der Waals surface area contributed by atoms with Crippen LogP contribution in [0.4, 0.5) is 0 Å². The molecule has 1 aliphatic heterocycles. The van der Waals surface area contributed by atoms with Crippen molar-refractivity contribution in [3.8, 4) is 5.88 Å². The zero-order valence-electron chi connectivity index (χ0n) is 14.7. The highest BCUT2D eigenvalue weighted by Gasteiger charge is 2.24. The van der Waals surface area contributed by atoms with Crippen LogP contribution in [0.5, 0.6) is 5.88 Å². The van der Waals surface area contributed by atoms with Crippen LogP contribution >= 0.6 is 0 Å². The van der Waals surface area contributed by atoms with Crippen molar-refractivity contribution >= 4 is 0 Å². The quantitative estimate of drug-likeness (QED) is 0.845. The van der Waals surface area contributed by atoms with E-state index in [-0.39, 0.29) is 0 Å². The monoisotopic (exact) mass is 329 g/mol. The molecule has 2 aromatic heterocycles. The Morgan fingerprint density at radius 3 is 2.96 bits per heavy atom. The smallest absolute Gasteiger partial charge is 0.216 e. The van der Waals surface area contributed by atoms with Gasteiger partial charge in [-0.25, -0.2) is 4.98 Å². The molecule has 2 atom stereocenters. The summed E-state index contributed by atoms with van der Waals surface area (Å²) in [5.74, 6) is 1.30. The van der Waals surface area contributed by atoms with Crippen LogP contribution in [-0.2, 0) is 13.0 Å². The Morgan fingerprint density at radius 2 is 2.25 bits per heavy atom. The molecule has 130 valence electrons. The van der Waals surface area contributed by atoms with Gasteiger partial charge in [0.05, 0.1) is 25.0 Å². The zero-order chi connectivity index (χ0) is 16.9. The molecule has 0 amide bonds. The first-order valence-corrected chi connectivity index (χ1v) is 8.58. The Labute approximate surface area is 143 Å². The number of hydrogen-bond donors (Lipinski definition) is 2. The minimum absolute atomic E-state index is 0.417. The molecule has 2 aromatic rings. The van der Waals surface area contributed by atoms with Crippen LogP contribution < -0.4 is 15.4 Å².